The summed E-state index contributed by atoms with van der Waals surface area (Å²) in [5.41, 5.74) is 3.72. The Balaban J connectivity index is 1.63. The highest BCUT2D eigenvalue weighted by Gasteiger charge is 2.32. The van der Waals surface area contributed by atoms with Crippen LogP contribution in [-0.2, 0) is 23.2 Å². The number of nitrogens with one attached hydrogen (secondary N) is 1. The number of hydrogen-bond acceptors (Lipinski definition) is 3. The molecule has 1 aromatic heterocycles. The molecule has 0 spiro atoms. The van der Waals surface area contributed by atoms with Gasteiger partial charge in [-0.15, -0.1) is 0 Å². The minimum absolute atomic E-state index is 0.0469. The average Bonchev–Trinajstić information content (AvgIpc) is 2.74. The molecule has 2 heterocycles. The van der Waals surface area contributed by atoms with E-state index in [1.54, 1.807) is 12.4 Å². The minimum Gasteiger partial charge on any atom is -0.380 e. The van der Waals surface area contributed by atoms with E-state index in [0.29, 0.717) is 19.3 Å². The first-order valence-electron chi connectivity index (χ1n) is 9.75. The summed E-state index contributed by atoms with van der Waals surface area (Å²) >= 11 is 0. The molecule has 4 heteroatoms. The number of pyridine rings is 1. The molecule has 1 atom stereocenters. The quantitative estimate of drug-likeness (QED) is 0.681. The smallest absolute Gasteiger partial charge is 0.224 e. The molecule has 0 fully saturated rings. The van der Waals surface area contributed by atoms with Crippen LogP contribution in [0.4, 0.5) is 5.69 Å². The number of aliphatic hydroxyl groups is 1. The lowest BCUT2D eigenvalue weighted by Crippen LogP contribution is -2.28. The Morgan fingerprint density at radius 3 is 2.64 bits per heavy atom. The third kappa shape index (κ3) is 3.82. The monoisotopic (exact) mass is 372 g/mol. The van der Waals surface area contributed by atoms with Crippen molar-refractivity contribution < 1.29 is 9.90 Å². The SMILES string of the molecule is O=C1CCc2cc(C(O)(CCCc3ccccc3)c3cccnc3)ccc2N1. The molecule has 0 radical (unpaired) electrons. The first-order valence-corrected chi connectivity index (χ1v) is 9.75. The van der Waals surface area contributed by atoms with Crippen molar-refractivity contribution >= 4 is 11.6 Å². The fourth-order valence-electron chi connectivity index (χ4n) is 3.90. The fourth-order valence-corrected chi connectivity index (χ4v) is 3.90. The van der Waals surface area contributed by atoms with Crippen molar-refractivity contribution in [3.05, 3.63) is 95.3 Å². The number of fused-ring (bicyclic) bond motifs is 1. The standard InChI is InChI=1S/C24H24N2O2/c27-23-13-10-19-16-20(11-12-22(19)26-23)24(28,21-9-5-15-25-17-21)14-4-8-18-6-2-1-3-7-18/h1-3,5-7,9,11-12,15-17,28H,4,8,10,13-14H2,(H,26,27). The number of carbonyl (C=O) groups is 1. The summed E-state index contributed by atoms with van der Waals surface area (Å²) < 4.78 is 0. The van der Waals surface area contributed by atoms with Crippen LogP contribution in [-0.4, -0.2) is 16.0 Å². The van der Waals surface area contributed by atoms with Crippen molar-refractivity contribution in [3.8, 4) is 0 Å². The van der Waals surface area contributed by atoms with Gasteiger partial charge in [0, 0.05) is 30.1 Å². The van der Waals surface area contributed by atoms with Crippen LogP contribution in [0.5, 0.6) is 0 Å². The van der Waals surface area contributed by atoms with Crippen molar-refractivity contribution in [2.45, 2.75) is 37.7 Å². The molecule has 1 aliphatic rings. The maximum Gasteiger partial charge on any atom is 0.224 e. The molecule has 0 bridgehead atoms. The first kappa shape index (κ1) is 18.4. The molecule has 1 aliphatic heterocycles. The van der Waals surface area contributed by atoms with Gasteiger partial charge < -0.3 is 10.4 Å². The Kier molecular flexibility index (Phi) is 5.22. The van der Waals surface area contributed by atoms with Gasteiger partial charge in [0.2, 0.25) is 5.91 Å². The van der Waals surface area contributed by atoms with Gasteiger partial charge >= 0.3 is 0 Å². The second-order valence-corrected chi connectivity index (χ2v) is 7.36. The van der Waals surface area contributed by atoms with Crippen LogP contribution in [0.25, 0.3) is 0 Å². The van der Waals surface area contributed by atoms with Crippen molar-refractivity contribution in [2.24, 2.45) is 0 Å². The molecule has 3 aromatic rings. The molecule has 4 nitrogen and oxygen atoms in total. The summed E-state index contributed by atoms with van der Waals surface area (Å²) in [6.07, 6.45) is 6.99. The second kappa shape index (κ2) is 7.95. The topological polar surface area (TPSA) is 62.2 Å². The molecule has 1 amide bonds. The Morgan fingerprint density at radius 1 is 1.00 bits per heavy atom. The van der Waals surface area contributed by atoms with Crippen LogP contribution in [0.15, 0.2) is 73.1 Å². The van der Waals surface area contributed by atoms with Crippen LogP contribution in [0.1, 0.15) is 41.5 Å². The van der Waals surface area contributed by atoms with Crippen LogP contribution >= 0.6 is 0 Å². The number of hydrogen-bond donors (Lipinski definition) is 2. The molecule has 1 unspecified atom stereocenters. The van der Waals surface area contributed by atoms with Gasteiger partial charge in [-0.1, -0.05) is 48.5 Å². The molecule has 0 saturated carbocycles. The van der Waals surface area contributed by atoms with Crippen LogP contribution in [0.3, 0.4) is 0 Å². The summed E-state index contributed by atoms with van der Waals surface area (Å²) in [5, 5.41) is 14.7. The van der Waals surface area contributed by atoms with Gasteiger partial charge in [0.25, 0.3) is 0 Å². The minimum atomic E-state index is -1.11. The maximum absolute atomic E-state index is 11.8. The highest BCUT2D eigenvalue weighted by atomic mass is 16.3. The van der Waals surface area contributed by atoms with E-state index in [1.807, 2.05) is 48.5 Å². The number of nitrogens with zero attached hydrogens (tertiary/aromatic N) is 1. The number of amides is 1. The van der Waals surface area contributed by atoms with Gasteiger partial charge in [-0.05, 0) is 54.5 Å². The van der Waals surface area contributed by atoms with Gasteiger partial charge in [-0.3, -0.25) is 9.78 Å². The zero-order valence-corrected chi connectivity index (χ0v) is 15.8. The Hall–Kier alpha value is -2.98. The predicted octanol–water partition coefficient (Wildman–Crippen LogP) is 4.23. The fraction of sp³-hybridized carbons (Fsp3) is 0.250. The lowest BCUT2D eigenvalue weighted by molar-refractivity contribution is -0.116. The summed E-state index contributed by atoms with van der Waals surface area (Å²) in [6.45, 7) is 0. The molecule has 142 valence electrons. The Labute approximate surface area is 165 Å². The van der Waals surface area contributed by atoms with Crippen molar-refractivity contribution in [1.29, 1.82) is 0 Å². The molecular formula is C24H24N2O2. The van der Waals surface area contributed by atoms with E-state index in [0.717, 1.165) is 35.2 Å². The second-order valence-electron chi connectivity index (χ2n) is 7.36. The molecule has 2 N–H and O–H groups in total. The summed E-state index contributed by atoms with van der Waals surface area (Å²) in [5.74, 6) is 0.0469. The van der Waals surface area contributed by atoms with Crippen molar-refractivity contribution in [3.63, 3.8) is 0 Å². The number of rotatable bonds is 6. The highest BCUT2D eigenvalue weighted by molar-refractivity contribution is 5.93. The number of aromatic nitrogens is 1. The first-order chi connectivity index (χ1) is 13.6. The number of carbonyl (C=O) groups excluding carboxylic acids is 1. The van der Waals surface area contributed by atoms with Crippen LogP contribution < -0.4 is 5.32 Å². The van der Waals surface area contributed by atoms with Gasteiger partial charge in [-0.2, -0.15) is 0 Å². The highest BCUT2D eigenvalue weighted by Crippen LogP contribution is 2.37. The maximum atomic E-state index is 11.8. The average molecular weight is 372 g/mol. The third-order valence-electron chi connectivity index (χ3n) is 5.46. The zero-order chi connectivity index (χ0) is 19.4. The van der Waals surface area contributed by atoms with Crippen LogP contribution in [0, 0.1) is 0 Å². The number of anilines is 1. The lowest BCUT2D eigenvalue weighted by Gasteiger charge is -2.30. The summed E-state index contributed by atoms with van der Waals surface area (Å²) in [6, 6.07) is 20.0. The summed E-state index contributed by atoms with van der Waals surface area (Å²) in [7, 11) is 0. The molecule has 0 aliphatic carbocycles. The number of aryl methyl sites for hydroxylation is 2. The van der Waals surface area contributed by atoms with E-state index in [-0.39, 0.29) is 5.91 Å². The molecule has 4 rings (SSSR count). The summed E-state index contributed by atoms with van der Waals surface area (Å²) in [4.78, 5) is 15.9. The van der Waals surface area contributed by atoms with Crippen molar-refractivity contribution in [1.82, 2.24) is 4.98 Å². The van der Waals surface area contributed by atoms with E-state index in [1.165, 1.54) is 5.56 Å². The van der Waals surface area contributed by atoms with Gasteiger partial charge in [0.15, 0.2) is 0 Å². The van der Waals surface area contributed by atoms with E-state index in [9.17, 15) is 9.90 Å². The molecular weight excluding hydrogens is 348 g/mol. The van der Waals surface area contributed by atoms with Crippen molar-refractivity contribution in [2.75, 3.05) is 5.32 Å². The van der Waals surface area contributed by atoms with Gasteiger partial charge in [-0.25, -0.2) is 0 Å². The van der Waals surface area contributed by atoms with E-state index >= 15 is 0 Å². The number of benzene rings is 2. The Bertz CT molecular complexity index is 957. The van der Waals surface area contributed by atoms with E-state index in [2.05, 4.69) is 22.4 Å². The largest absolute Gasteiger partial charge is 0.380 e. The predicted molar refractivity (Wildman–Crippen MR) is 110 cm³/mol. The van der Waals surface area contributed by atoms with Gasteiger partial charge in [0.05, 0.1) is 0 Å². The molecule has 0 saturated heterocycles. The lowest BCUT2D eigenvalue weighted by atomic mass is 9.81. The Morgan fingerprint density at radius 2 is 1.86 bits per heavy atom. The molecule has 2 aromatic carbocycles. The third-order valence-corrected chi connectivity index (χ3v) is 5.46. The molecule has 28 heavy (non-hydrogen) atoms. The van der Waals surface area contributed by atoms with Gasteiger partial charge in [0.1, 0.15) is 5.60 Å². The van der Waals surface area contributed by atoms with Crippen LogP contribution in [0.2, 0.25) is 0 Å². The van der Waals surface area contributed by atoms with E-state index < -0.39 is 5.60 Å². The normalized spacial score (nSPS) is 15.4. The zero-order valence-electron chi connectivity index (χ0n) is 15.8. The van der Waals surface area contributed by atoms with E-state index in [4.69, 9.17) is 0 Å².